The molecule has 0 amide bonds. The summed E-state index contributed by atoms with van der Waals surface area (Å²) in [5.41, 5.74) is 8.02. The summed E-state index contributed by atoms with van der Waals surface area (Å²) >= 11 is 0. The average Bonchev–Trinajstić information content (AvgIpc) is 3.66. The van der Waals surface area contributed by atoms with Gasteiger partial charge in [0, 0.05) is 10.2 Å². The summed E-state index contributed by atoms with van der Waals surface area (Å²) < 4.78 is 0. The van der Waals surface area contributed by atoms with Crippen molar-refractivity contribution in [2.24, 2.45) is 0 Å². The molecular formula is C40H39Cl2SiZr. The van der Waals surface area contributed by atoms with E-state index in [4.69, 9.17) is 0 Å². The zero-order valence-electron chi connectivity index (χ0n) is 26.2. The van der Waals surface area contributed by atoms with Gasteiger partial charge in [0.05, 0.1) is 0 Å². The third-order valence-corrected chi connectivity index (χ3v) is 7.28. The van der Waals surface area contributed by atoms with Gasteiger partial charge < -0.3 is 24.8 Å². The minimum absolute atomic E-state index is 0. The number of fused-ring (bicyclic) bond motifs is 3. The summed E-state index contributed by atoms with van der Waals surface area (Å²) in [6.07, 6.45) is 1.09. The van der Waals surface area contributed by atoms with Crippen LogP contribution in [0.3, 0.4) is 0 Å². The van der Waals surface area contributed by atoms with E-state index in [2.05, 4.69) is 158 Å². The van der Waals surface area contributed by atoms with Gasteiger partial charge in [0.25, 0.3) is 0 Å². The molecule has 7 aromatic rings. The number of benzene rings is 5. The quantitative estimate of drug-likeness (QED) is 0.163. The molecule has 0 saturated heterocycles. The van der Waals surface area contributed by atoms with Crippen LogP contribution in [-0.2, 0) is 32.6 Å². The van der Waals surface area contributed by atoms with Crippen LogP contribution >= 0.6 is 0 Å². The SMILES string of the molecule is CC.CCc1cc2c(-c3cccc4ccccc34)cccc2[cH-]1.C[Si].Cc1cc2c(-c3ccccc3)cccc2[cH-]1.[Cl-].[Cl-].[Zr+4]. The maximum absolute atomic E-state index is 2.97. The Bertz CT molecular complexity index is 1830. The molecule has 44 heavy (non-hydrogen) atoms. The second-order valence-corrected chi connectivity index (χ2v) is 9.76. The number of hydrogen-bond acceptors (Lipinski definition) is 0. The molecule has 0 aliphatic carbocycles. The Labute approximate surface area is 299 Å². The predicted octanol–water partition coefficient (Wildman–Crippen LogP) is 5.71. The van der Waals surface area contributed by atoms with Gasteiger partial charge in [-0.05, 0) is 28.3 Å². The standard InChI is InChI=1S/C21H17.C16H13.C2H6.CH3Si.2ClH.Zr/c1-2-15-13-17-9-6-12-20(21(17)14-15)19-11-5-8-16-7-3-4-10-18(16)19;1-12-10-14-8-5-9-15(16(14)11-12)13-6-3-2-4-7-13;2*1-2;;;/h3-14H,2H2,1H3;2-11H,1H3;1-2H3;1H3;2*1H;/q2*-1;;;;;+4/p-2. The van der Waals surface area contributed by atoms with E-state index < -0.39 is 0 Å². The molecule has 0 nitrogen and oxygen atoms in total. The molecule has 0 fully saturated rings. The summed E-state index contributed by atoms with van der Waals surface area (Å²) in [7, 11) is 2.97. The van der Waals surface area contributed by atoms with Crippen LogP contribution in [-0.4, -0.2) is 10.2 Å². The Morgan fingerprint density at radius 1 is 0.545 bits per heavy atom. The van der Waals surface area contributed by atoms with Crippen molar-refractivity contribution in [1.82, 2.24) is 0 Å². The van der Waals surface area contributed by atoms with Gasteiger partial charge >= 0.3 is 26.2 Å². The Balaban J connectivity index is 0.000000381. The Hall–Kier alpha value is -2.74. The van der Waals surface area contributed by atoms with Gasteiger partial charge in [0.2, 0.25) is 0 Å². The first-order chi connectivity index (χ1) is 20.2. The van der Waals surface area contributed by atoms with E-state index in [-0.39, 0.29) is 51.0 Å². The van der Waals surface area contributed by atoms with Crippen molar-refractivity contribution >= 4 is 42.6 Å². The summed E-state index contributed by atoms with van der Waals surface area (Å²) in [6, 6.07) is 48.0. The Morgan fingerprint density at radius 3 is 1.70 bits per heavy atom. The predicted molar refractivity (Wildman–Crippen MR) is 185 cm³/mol. The molecule has 0 saturated carbocycles. The summed E-state index contributed by atoms with van der Waals surface area (Å²) in [4.78, 5) is 0. The first-order valence-electron chi connectivity index (χ1n) is 14.6. The molecule has 4 heteroatoms. The second-order valence-electron chi connectivity index (χ2n) is 9.76. The van der Waals surface area contributed by atoms with Crippen LogP contribution in [0.5, 0.6) is 0 Å². The molecule has 221 valence electrons. The molecule has 0 heterocycles. The number of rotatable bonds is 3. The largest absolute Gasteiger partial charge is 4.00 e. The van der Waals surface area contributed by atoms with Crippen LogP contribution in [0.1, 0.15) is 31.9 Å². The zero-order valence-corrected chi connectivity index (χ0v) is 31.1. The fraction of sp³-hybridized carbons (Fsp3) is 0.150. The van der Waals surface area contributed by atoms with E-state index in [0.717, 1.165) is 6.42 Å². The third kappa shape index (κ3) is 8.92. The normalized spacial score (nSPS) is 9.59. The van der Waals surface area contributed by atoms with Gasteiger partial charge in [0.15, 0.2) is 0 Å². The van der Waals surface area contributed by atoms with E-state index in [1.165, 1.54) is 65.7 Å². The number of halogens is 2. The van der Waals surface area contributed by atoms with Gasteiger partial charge in [-0.1, -0.05) is 130 Å². The third-order valence-electron chi connectivity index (χ3n) is 7.28. The van der Waals surface area contributed by atoms with Gasteiger partial charge in [-0.15, -0.1) is 69.1 Å². The fourth-order valence-corrected chi connectivity index (χ4v) is 5.45. The van der Waals surface area contributed by atoms with E-state index in [1.54, 1.807) is 6.55 Å². The molecular weight excluding hydrogens is 671 g/mol. The van der Waals surface area contributed by atoms with Gasteiger partial charge in [0.1, 0.15) is 0 Å². The Morgan fingerprint density at radius 2 is 1.05 bits per heavy atom. The van der Waals surface area contributed by atoms with Crippen molar-refractivity contribution in [2.75, 3.05) is 0 Å². The molecule has 0 spiro atoms. The fourth-order valence-electron chi connectivity index (χ4n) is 5.45. The van der Waals surface area contributed by atoms with Crippen LogP contribution in [0.4, 0.5) is 0 Å². The minimum Gasteiger partial charge on any atom is -1.00 e. The van der Waals surface area contributed by atoms with E-state index >= 15 is 0 Å². The molecule has 7 aromatic carbocycles. The summed E-state index contributed by atoms with van der Waals surface area (Å²) in [6.45, 7) is 10.2. The molecule has 0 aliphatic rings. The maximum atomic E-state index is 2.97. The van der Waals surface area contributed by atoms with E-state index in [0.29, 0.717) is 0 Å². The van der Waals surface area contributed by atoms with Crippen LogP contribution in [0.15, 0.2) is 133 Å². The minimum atomic E-state index is 0. The average molecular weight is 710 g/mol. The smallest absolute Gasteiger partial charge is 1.00 e. The topological polar surface area (TPSA) is 0 Å². The van der Waals surface area contributed by atoms with Crippen molar-refractivity contribution in [2.45, 2.75) is 40.7 Å². The van der Waals surface area contributed by atoms with E-state index in [1.807, 2.05) is 13.8 Å². The molecule has 3 radical (unpaired) electrons. The first-order valence-corrected chi connectivity index (χ1v) is 15.6. The summed E-state index contributed by atoms with van der Waals surface area (Å²) in [5.74, 6) is 0. The molecule has 0 atom stereocenters. The van der Waals surface area contributed by atoms with Gasteiger partial charge in [-0.2, -0.15) is 12.1 Å². The Kier molecular flexibility index (Phi) is 17.5. The molecule has 0 N–H and O–H groups in total. The molecule has 0 bridgehead atoms. The van der Waals surface area contributed by atoms with Crippen LogP contribution in [0, 0.1) is 6.92 Å². The van der Waals surface area contributed by atoms with Crippen molar-refractivity contribution < 1.29 is 51.0 Å². The monoisotopic (exact) mass is 707 g/mol. The van der Waals surface area contributed by atoms with Crippen molar-refractivity contribution in [3.05, 3.63) is 145 Å². The van der Waals surface area contributed by atoms with Crippen LogP contribution in [0.25, 0.3) is 54.6 Å². The van der Waals surface area contributed by atoms with Gasteiger partial charge in [-0.25, -0.2) is 0 Å². The first kappa shape index (κ1) is 39.3. The van der Waals surface area contributed by atoms with Crippen LogP contribution in [0.2, 0.25) is 6.55 Å². The van der Waals surface area contributed by atoms with Crippen molar-refractivity contribution in [3.63, 3.8) is 0 Å². The van der Waals surface area contributed by atoms with E-state index in [9.17, 15) is 0 Å². The molecule has 0 aromatic heterocycles. The second kappa shape index (κ2) is 19.6. The summed E-state index contributed by atoms with van der Waals surface area (Å²) in [5, 5.41) is 8.02. The van der Waals surface area contributed by atoms with Gasteiger partial charge in [-0.3, -0.25) is 0 Å². The number of hydrogen-bond donors (Lipinski definition) is 0. The van der Waals surface area contributed by atoms with Crippen molar-refractivity contribution in [1.29, 1.82) is 0 Å². The van der Waals surface area contributed by atoms with Crippen molar-refractivity contribution in [3.8, 4) is 22.3 Å². The number of aryl methyl sites for hydroxylation is 2. The maximum Gasteiger partial charge on any atom is 4.00 e. The molecule has 0 aliphatic heterocycles. The molecule has 0 unspecified atom stereocenters. The zero-order chi connectivity index (χ0) is 29.2. The van der Waals surface area contributed by atoms with Crippen LogP contribution < -0.4 is 24.8 Å². The molecule has 7 rings (SSSR count).